The number of hydrogen-bond acceptors (Lipinski definition) is 5. The molecule has 7 heteroatoms. The van der Waals surface area contributed by atoms with Crippen molar-refractivity contribution in [1.82, 2.24) is 10.2 Å². The van der Waals surface area contributed by atoms with E-state index in [1.165, 1.54) is 11.8 Å². The highest BCUT2D eigenvalue weighted by Gasteiger charge is 2.48. The van der Waals surface area contributed by atoms with Crippen LogP contribution in [-0.2, 0) is 32.1 Å². The minimum absolute atomic E-state index is 0.134. The van der Waals surface area contributed by atoms with Crippen LogP contribution in [0.1, 0.15) is 24.7 Å². The van der Waals surface area contributed by atoms with Gasteiger partial charge in [0.1, 0.15) is 25.0 Å². The Morgan fingerprint density at radius 2 is 1.96 bits per heavy atom. The SMILES string of the molecule is CC(=O)N[C@@H]1C(=O)N(CC(=O)OCc2ccccc2)[C@@H]1CCc1ccco1. The molecule has 7 nitrogen and oxygen atoms in total. The van der Waals surface area contributed by atoms with Crippen molar-refractivity contribution in [3.63, 3.8) is 0 Å². The zero-order valence-electron chi connectivity index (χ0n) is 15.1. The van der Waals surface area contributed by atoms with Gasteiger partial charge in [0, 0.05) is 13.3 Å². The first-order valence-corrected chi connectivity index (χ1v) is 8.84. The van der Waals surface area contributed by atoms with Crippen molar-refractivity contribution in [2.75, 3.05) is 6.54 Å². The van der Waals surface area contributed by atoms with Gasteiger partial charge in [-0.15, -0.1) is 0 Å². The predicted octanol–water partition coefficient (Wildman–Crippen LogP) is 1.67. The maximum Gasteiger partial charge on any atom is 0.325 e. The van der Waals surface area contributed by atoms with Crippen molar-refractivity contribution in [1.29, 1.82) is 0 Å². The summed E-state index contributed by atoms with van der Waals surface area (Å²) >= 11 is 0. The lowest BCUT2D eigenvalue weighted by Gasteiger charge is -2.46. The zero-order valence-corrected chi connectivity index (χ0v) is 15.1. The van der Waals surface area contributed by atoms with Gasteiger partial charge in [-0.3, -0.25) is 14.4 Å². The number of rotatable bonds is 8. The molecule has 0 unspecified atom stereocenters. The number of carbonyl (C=O) groups is 3. The molecule has 1 saturated heterocycles. The molecule has 0 saturated carbocycles. The molecule has 0 radical (unpaired) electrons. The fourth-order valence-corrected chi connectivity index (χ4v) is 3.17. The number of ether oxygens (including phenoxy) is 1. The summed E-state index contributed by atoms with van der Waals surface area (Å²) in [5.74, 6) is -0.229. The molecule has 1 aromatic carbocycles. The van der Waals surface area contributed by atoms with Gasteiger partial charge in [-0.1, -0.05) is 30.3 Å². The number of carbonyl (C=O) groups excluding carboxylic acids is 3. The Morgan fingerprint density at radius 3 is 2.63 bits per heavy atom. The first kappa shape index (κ1) is 18.7. The van der Waals surface area contributed by atoms with Crippen LogP contribution in [-0.4, -0.2) is 41.3 Å². The molecule has 2 aromatic rings. The van der Waals surface area contributed by atoms with Gasteiger partial charge in [-0.05, 0) is 24.1 Å². The van der Waals surface area contributed by atoms with Crippen molar-refractivity contribution in [3.8, 4) is 0 Å². The minimum Gasteiger partial charge on any atom is -0.469 e. The summed E-state index contributed by atoms with van der Waals surface area (Å²) in [6, 6.07) is 12.1. The second-order valence-corrected chi connectivity index (χ2v) is 6.48. The molecule has 2 heterocycles. The van der Waals surface area contributed by atoms with E-state index in [4.69, 9.17) is 9.15 Å². The molecule has 27 heavy (non-hydrogen) atoms. The monoisotopic (exact) mass is 370 g/mol. The summed E-state index contributed by atoms with van der Waals surface area (Å²) < 4.78 is 10.6. The highest BCUT2D eigenvalue weighted by atomic mass is 16.5. The summed E-state index contributed by atoms with van der Waals surface area (Å²) in [4.78, 5) is 37.3. The topological polar surface area (TPSA) is 88.9 Å². The van der Waals surface area contributed by atoms with E-state index >= 15 is 0 Å². The third-order valence-corrected chi connectivity index (χ3v) is 4.50. The number of benzene rings is 1. The predicted molar refractivity (Wildman–Crippen MR) is 96.4 cm³/mol. The van der Waals surface area contributed by atoms with Crippen molar-refractivity contribution in [2.45, 2.75) is 38.5 Å². The first-order valence-electron chi connectivity index (χ1n) is 8.84. The maximum absolute atomic E-state index is 12.4. The number of furan rings is 1. The Bertz CT molecular complexity index is 788. The Kier molecular flexibility index (Phi) is 5.90. The zero-order chi connectivity index (χ0) is 19.2. The van der Waals surface area contributed by atoms with Gasteiger partial charge in [0.05, 0.1) is 12.3 Å². The van der Waals surface area contributed by atoms with E-state index in [1.54, 1.807) is 12.3 Å². The molecule has 2 atom stereocenters. The van der Waals surface area contributed by atoms with Crippen molar-refractivity contribution >= 4 is 17.8 Å². The van der Waals surface area contributed by atoms with E-state index in [2.05, 4.69) is 5.32 Å². The molecule has 142 valence electrons. The molecule has 0 bridgehead atoms. The number of hydrogen-bond donors (Lipinski definition) is 1. The van der Waals surface area contributed by atoms with Crippen LogP contribution in [0.3, 0.4) is 0 Å². The largest absolute Gasteiger partial charge is 0.469 e. The van der Waals surface area contributed by atoms with Gasteiger partial charge in [0.2, 0.25) is 11.8 Å². The van der Waals surface area contributed by atoms with Crippen molar-refractivity contribution in [2.24, 2.45) is 0 Å². The summed E-state index contributed by atoms with van der Waals surface area (Å²) in [5, 5.41) is 2.66. The number of amides is 2. The Balaban J connectivity index is 1.56. The van der Waals surface area contributed by atoms with E-state index in [0.717, 1.165) is 11.3 Å². The van der Waals surface area contributed by atoms with Gasteiger partial charge in [0.15, 0.2) is 0 Å². The van der Waals surface area contributed by atoms with Gasteiger partial charge in [0.25, 0.3) is 0 Å². The maximum atomic E-state index is 12.4. The van der Waals surface area contributed by atoms with Crippen LogP contribution in [0.15, 0.2) is 53.1 Å². The molecular weight excluding hydrogens is 348 g/mol. The van der Waals surface area contributed by atoms with Crippen molar-refractivity contribution in [3.05, 3.63) is 60.1 Å². The van der Waals surface area contributed by atoms with Crippen LogP contribution in [0.5, 0.6) is 0 Å². The van der Waals surface area contributed by atoms with E-state index in [-0.39, 0.29) is 31.0 Å². The van der Waals surface area contributed by atoms with E-state index in [0.29, 0.717) is 12.8 Å². The third-order valence-electron chi connectivity index (χ3n) is 4.50. The van der Waals surface area contributed by atoms with Crippen LogP contribution in [0.2, 0.25) is 0 Å². The summed E-state index contributed by atoms with van der Waals surface area (Å²) in [6.07, 6.45) is 2.78. The van der Waals surface area contributed by atoms with Crippen LogP contribution < -0.4 is 5.32 Å². The highest BCUT2D eigenvalue weighted by Crippen LogP contribution is 2.25. The number of aryl methyl sites for hydroxylation is 1. The molecule has 1 aromatic heterocycles. The van der Waals surface area contributed by atoms with Crippen LogP contribution in [0.25, 0.3) is 0 Å². The molecule has 0 aliphatic carbocycles. The van der Waals surface area contributed by atoms with Crippen molar-refractivity contribution < 1.29 is 23.5 Å². The Labute approximate surface area is 157 Å². The van der Waals surface area contributed by atoms with Gasteiger partial charge >= 0.3 is 5.97 Å². The summed E-state index contributed by atoms with van der Waals surface area (Å²) in [7, 11) is 0. The number of esters is 1. The standard InChI is InChI=1S/C20H22N2O5/c1-14(23)21-19-17(10-9-16-8-5-11-26-16)22(20(19)25)12-18(24)27-13-15-6-3-2-4-7-15/h2-8,11,17,19H,9-10,12-13H2,1H3,(H,21,23)/t17-,19+/m1/s1. The second-order valence-electron chi connectivity index (χ2n) is 6.48. The molecule has 1 N–H and O–H groups in total. The molecule has 1 fully saturated rings. The average molecular weight is 370 g/mol. The molecular formula is C20H22N2O5. The van der Waals surface area contributed by atoms with E-state index < -0.39 is 12.0 Å². The smallest absolute Gasteiger partial charge is 0.325 e. The summed E-state index contributed by atoms with van der Waals surface area (Å²) in [6.45, 7) is 1.39. The lowest BCUT2D eigenvalue weighted by Crippen LogP contribution is -2.71. The fraction of sp³-hybridized carbons (Fsp3) is 0.350. The molecule has 1 aliphatic rings. The molecule has 2 amide bonds. The number of β-lactam (4-membered cyclic amide) rings is 1. The second kappa shape index (κ2) is 8.53. The van der Waals surface area contributed by atoms with Gasteiger partial charge in [-0.2, -0.15) is 0 Å². The van der Waals surface area contributed by atoms with Gasteiger partial charge in [-0.25, -0.2) is 0 Å². The highest BCUT2D eigenvalue weighted by molar-refractivity contribution is 5.95. The fourth-order valence-electron chi connectivity index (χ4n) is 3.17. The molecule has 1 aliphatic heterocycles. The van der Waals surface area contributed by atoms with E-state index in [9.17, 15) is 14.4 Å². The lowest BCUT2D eigenvalue weighted by molar-refractivity contribution is -0.163. The molecule has 0 spiro atoms. The Hall–Kier alpha value is -3.09. The summed E-state index contributed by atoms with van der Waals surface area (Å²) in [5.41, 5.74) is 0.881. The third kappa shape index (κ3) is 4.75. The number of nitrogens with one attached hydrogen (secondary N) is 1. The number of likely N-dealkylation sites (tertiary alicyclic amines) is 1. The van der Waals surface area contributed by atoms with Crippen LogP contribution >= 0.6 is 0 Å². The lowest BCUT2D eigenvalue weighted by atomic mass is 9.90. The average Bonchev–Trinajstić information content (AvgIpc) is 3.18. The van der Waals surface area contributed by atoms with E-state index in [1.807, 2.05) is 36.4 Å². The number of nitrogens with zero attached hydrogens (tertiary/aromatic N) is 1. The van der Waals surface area contributed by atoms with Crippen LogP contribution in [0, 0.1) is 0 Å². The normalized spacial score (nSPS) is 18.7. The quantitative estimate of drug-likeness (QED) is 0.564. The first-order chi connectivity index (χ1) is 13.0. The molecule has 3 rings (SSSR count). The Morgan fingerprint density at radius 1 is 1.19 bits per heavy atom. The van der Waals surface area contributed by atoms with Gasteiger partial charge < -0.3 is 19.4 Å². The minimum atomic E-state index is -0.612. The van der Waals surface area contributed by atoms with Crippen LogP contribution in [0.4, 0.5) is 0 Å².